The second-order valence-corrected chi connectivity index (χ2v) is 11.6. The van der Waals surface area contributed by atoms with E-state index in [1.54, 1.807) is 12.0 Å². The number of nitrogens with one attached hydrogen (secondary N) is 1. The van der Waals surface area contributed by atoms with E-state index in [0.29, 0.717) is 37.5 Å². The molecule has 216 valence electrons. The van der Waals surface area contributed by atoms with E-state index >= 15 is 0 Å². The van der Waals surface area contributed by atoms with Crippen molar-refractivity contribution in [3.63, 3.8) is 0 Å². The van der Waals surface area contributed by atoms with Crippen molar-refractivity contribution in [1.29, 1.82) is 0 Å². The Morgan fingerprint density at radius 3 is 2.60 bits per heavy atom. The zero-order valence-electron chi connectivity index (χ0n) is 23.7. The third-order valence-corrected chi connectivity index (χ3v) is 8.82. The van der Waals surface area contributed by atoms with Gasteiger partial charge >= 0.3 is 0 Å². The van der Waals surface area contributed by atoms with Crippen LogP contribution >= 0.6 is 0 Å². The van der Waals surface area contributed by atoms with Crippen LogP contribution in [0.15, 0.2) is 48.5 Å². The second kappa shape index (κ2) is 13.6. The topological polar surface area (TPSA) is 65.1 Å². The molecule has 0 radical (unpaired) electrons. The lowest BCUT2D eigenvalue weighted by molar-refractivity contribution is -0.135. The Kier molecular flexibility index (Phi) is 9.70. The third kappa shape index (κ3) is 7.02. The molecule has 1 aliphatic carbocycles. The van der Waals surface area contributed by atoms with E-state index in [-0.39, 0.29) is 23.7 Å². The first-order chi connectivity index (χ1) is 19.5. The van der Waals surface area contributed by atoms with E-state index in [9.17, 15) is 14.0 Å². The molecule has 2 heterocycles. The number of ether oxygens (including phenoxy) is 1. The maximum Gasteiger partial charge on any atom is 0.254 e. The fraction of sp³-hybridized carbons (Fsp3) is 0.562. The number of hydrogen-bond donors (Lipinski definition) is 1. The summed E-state index contributed by atoms with van der Waals surface area (Å²) >= 11 is 0. The molecule has 1 saturated carbocycles. The van der Waals surface area contributed by atoms with Crippen LogP contribution in [0, 0.1) is 11.7 Å². The molecule has 2 unspecified atom stereocenters. The van der Waals surface area contributed by atoms with Gasteiger partial charge in [0.1, 0.15) is 17.6 Å². The highest BCUT2D eigenvalue weighted by molar-refractivity contribution is 5.98. The molecule has 2 saturated heterocycles. The number of amides is 2. The Hall–Kier alpha value is -2.97. The molecule has 2 atom stereocenters. The van der Waals surface area contributed by atoms with E-state index in [2.05, 4.69) is 22.3 Å². The number of carbonyl (C=O) groups is 2. The summed E-state index contributed by atoms with van der Waals surface area (Å²) in [6, 6.07) is 13.4. The molecule has 40 heavy (non-hydrogen) atoms. The van der Waals surface area contributed by atoms with Crippen molar-refractivity contribution in [3.05, 3.63) is 65.5 Å². The maximum atomic E-state index is 14.0. The largest absolute Gasteiger partial charge is 0.497 e. The SMILES string of the molecule is COc1cccc(CN(CC2CCCCC2)C2CC(C(=O)N3CCCNCC3)N(C(=O)c3ccc(F)cc3)C2)c1. The summed E-state index contributed by atoms with van der Waals surface area (Å²) in [4.78, 5) is 34.0. The van der Waals surface area contributed by atoms with Gasteiger partial charge in [-0.1, -0.05) is 31.4 Å². The summed E-state index contributed by atoms with van der Waals surface area (Å²) in [5.74, 6) is 0.899. The predicted molar refractivity (Wildman–Crippen MR) is 154 cm³/mol. The third-order valence-electron chi connectivity index (χ3n) is 8.82. The molecule has 2 aromatic carbocycles. The van der Waals surface area contributed by atoms with Gasteiger partial charge in [-0.25, -0.2) is 4.39 Å². The van der Waals surface area contributed by atoms with Crippen LogP contribution in [0.1, 0.15) is 60.9 Å². The molecule has 5 rings (SSSR count). The van der Waals surface area contributed by atoms with Crippen LogP contribution in [-0.2, 0) is 11.3 Å². The summed E-state index contributed by atoms with van der Waals surface area (Å²) < 4.78 is 19.1. The minimum Gasteiger partial charge on any atom is -0.497 e. The van der Waals surface area contributed by atoms with E-state index in [0.717, 1.165) is 38.3 Å². The van der Waals surface area contributed by atoms with Crippen molar-refractivity contribution in [2.24, 2.45) is 5.92 Å². The molecule has 2 aromatic rings. The zero-order valence-corrected chi connectivity index (χ0v) is 23.7. The molecular weight excluding hydrogens is 507 g/mol. The van der Waals surface area contributed by atoms with Gasteiger partial charge in [0.05, 0.1) is 7.11 Å². The van der Waals surface area contributed by atoms with Gasteiger partial charge in [-0.2, -0.15) is 0 Å². The summed E-state index contributed by atoms with van der Waals surface area (Å²) in [5, 5.41) is 3.37. The lowest BCUT2D eigenvalue weighted by Gasteiger charge is -2.34. The lowest BCUT2D eigenvalue weighted by atomic mass is 9.88. The average molecular weight is 551 g/mol. The van der Waals surface area contributed by atoms with Crippen molar-refractivity contribution in [1.82, 2.24) is 20.0 Å². The van der Waals surface area contributed by atoms with Gasteiger partial charge in [-0.05, 0) is 80.1 Å². The molecule has 0 bridgehead atoms. The van der Waals surface area contributed by atoms with E-state index < -0.39 is 6.04 Å². The molecule has 3 fully saturated rings. The predicted octanol–water partition coefficient (Wildman–Crippen LogP) is 4.32. The van der Waals surface area contributed by atoms with Crippen LogP contribution in [0.25, 0.3) is 0 Å². The number of rotatable bonds is 8. The first-order valence-electron chi connectivity index (χ1n) is 14.9. The zero-order chi connectivity index (χ0) is 27.9. The van der Waals surface area contributed by atoms with Gasteiger partial charge in [0.25, 0.3) is 5.91 Å². The highest BCUT2D eigenvalue weighted by Gasteiger charge is 2.44. The van der Waals surface area contributed by atoms with Gasteiger partial charge in [0.15, 0.2) is 0 Å². The molecule has 3 aliphatic rings. The number of likely N-dealkylation sites (tertiary alicyclic amines) is 1. The van der Waals surface area contributed by atoms with Gasteiger partial charge in [-0.3, -0.25) is 14.5 Å². The number of nitrogens with zero attached hydrogens (tertiary/aromatic N) is 3. The maximum absolute atomic E-state index is 14.0. The van der Waals surface area contributed by atoms with Crippen molar-refractivity contribution >= 4 is 11.8 Å². The standard InChI is InChI=1S/C32H43FN4O3/c1-40-29-10-5-9-25(19-29)22-36(21-24-7-3-2-4-8-24)28-20-30(32(39)35-17-6-15-34-16-18-35)37(23-28)31(38)26-11-13-27(33)14-12-26/h5,9-14,19,24,28,30,34H,2-4,6-8,15-18,20-23H2,1H3. The second-order valence-electron chi connectivity index (χ2n) is 11.6. The van der Waals surface area contributed by atoms with Gasteiger partial charge in [0, 0.05) is 50.9 Å². The van der Waals surface area contributed by atoms with Crippen LogP contribution in [-0.4, -0.2) is 85.0 Å². The monoisotopic (exact) mass is 550 g/mol. The minimum absolute atomic E-state index is 0.0284. The van der Waals surface area contributed by atoms with Crippen LogP contribution in [0.3, 0.4) is 0 Å². The molecule has 1 N–H and O–H groups in total. The Morgan fingerprint density at radius 2 is 1.82 bits per heavy atom. The highest BCUT2D eigenvalue weighted by Crippen LogP contribution is 2.31. The van der Waals surface area contributed by atoms with Crippen LogP contribution in [0.5, 0.6) is 5.75 Å². The fourth-order valence-electron chi connectivity index (χ4n) is 6.62. The summed E-state index contributed by atoms with van der Waals surface area (Å²) in [5.41, 5.74) is 1.59. The van der Waals surface area contributed by atoms with Gasteiger partial charge in [0.2, 0.25) is 5.91 Å². The number of methoxy groups -OCH3 is 1. The highest BCUT2D eigenvalue weighted by atomic mass is 19.1. The molecule has 0 aromatic heterocycles. The Bertz CT molecular complexity index is 1130. The number of carbonyl (C=O) groups excluding carboxylic acids is 2. The molecule has 8 heteroatoms. The van der Waals surface area contributed by atoms with Crippen molar-refractivity contribution in [2.75, 3.05) is 46.4 Å². The quantitative estimate of drug-likeness (QED) is 0.531. The first kappa shape index (κ1) is 28.6. The number of halogens is 1. The number of benzene rings is 2. The van der Waals surface area contributed by atoms with Crippen LogP contribution in [0.2, 0.25) is 0 Å². The average Bonchev–Trinajstić information content (AvgIpc) is 3.25. The summed E-state index contributed by atoms with van der Waals surface area (Å²) in [7, 11) is 1.68. The van der Waals surface area contributed by atoms with Gasteiger partial charge in [-0.15, -0.1) is 0 Å². The normalized spacial score (nSPS) is 22.4. The minimum atomic E-state index is -0.528. The molecule has 2 amide bonds. The molecule has 0 spiro atoms. The van der Waals surface area contributed by atoms with Crippen molar-refractivity contribution in [2.45, 2.75) is 63.6 Å². The first-order valence-corrected chi connectivity index (χ1v) is 14.9. The fourth-order valence-corrected chi connectivity index (χ4v) is 6.62. The Balaban J connectivity index is 1.42. The van der Waals surface area contributed by atoms with Crippen molar-refractivity contribution < 1.29 is 18.7 Å². The molecule has 7 nitrogen and oxygen atoms in total. The Labute approximate surface area is 237 Å². The smallest absolute Gasteiger partial charge is 0.254 e. The number of hydrogen-bond acceptors (Lipinski definition) is 5. The molecule has 2 aliphatic heterocycles. The summed E-state index contributed by atoms with van der Waals surface area (Å²) in [6.07, 6.45) is 7.79. The van der Waals surface area contributed by atoms with Crippen LogP contribution in [0.4, 0.5) is 4.39 Å². The van der Waals surface area contributed by atoms with E-state index in [4.69, 9.17) is 4.74 Å². The lowest BCUT2D eigenvalue weighted by Crippen LogP contribution is -2.48. The van der Waals surface area contributed by atoms with Gasteiger partial charge < -0.3 is 19.9 Å². The van der Waals surface area contributed by atoms with E-state index in [1.807, 2.05) is 17.0 Å². The van der Waals surface area contributed by atoms with Crippen molar-refractivity contribution in [3.8, 4) is 5.75 Å². The Morgan fingerprint density at radius 1 is 1.02 bits per heavy atom. The van der Waals surface area contributed by atoms with E-state index in [1.165, 1.54) is 61.9 Å². The van der Waals surface area contributed by atoms with Crippen LogP contribution < -0.4 is 10.1 Å². The summed E-state index contributed by atoms with van der Waals surface area (Å²) in [6.45, 7) is 5.17. The molecular formula is C32H43FN4O3.